The Morgan fingerprint density at radius 3 is 1.75 bits per heavy atom. The Labute approximate surface area is 332 Å². The molecule has 2 aromatic heterocycles. The first kappa shape index (κ1) is 36.8. The lowest BCUT2D eigenvalue weighted by Gasteiger charge is -2.34. The zero-order valence-electron chi connectivity index (χ0n) is 31.8. The van der Waals surface area contributed by atoms with Crippen molar-refractivity contribution >= 4 is 5.97 Å². The molecule has 0 fully saturated rings. The van der Waals surface area contributed by atoms with Crippen molar-refractivity contribution in [3.05, 3.63) is 221 Å². The van der Waals surface area contributed by atoms with Crippen molar-refractivity contribution in [2.24, 2.45) is 0 Å². The smallest absolute Gasteiger partial charge is 0.343 e. The molecule has 0 bridgehead atoms. The maximum absolute atomic E-state index is 13.1. The molecule has 0 aliphatic carbocycles. The fourth-order valence-electron chi connectivity index (χ4n) is 7.45. The number of nitrogens with zero attached hydrogens (tertiary/aromatic N) is 5. The average molecular weight is 748 g/mol. The number of esters is 1. The van der Waals surface area contributed by atoms with E-state index in [0.717, 1.165) is 51.1 Å². The Balaban J connectivity index is 1.09. The van der Waals surface area contributed by atoms with Crippen LogP contribution < -0.4 is 4.74 Å². The van der Waals surface area contributed by atoms with Gasteiger partial charge in [0.2, 0.25) is 5.82 Å². The highest BCUT2D eigenvalue weighted by atomic mass is 16.5. The van der Waals surface area contributed by atoms with Crippen LogP contribution in [-0.4, -0.2) is 38.3 Å². The molecule has 2 heterocycles. The summed E-state index contributed by atoms with van der Waals surface area (Å²) < 4.78 is 11.5. The highest BCUT2D eigenvalue weighted by Crippen LogP contribution is 2.40. The maximum atomic E-state index is 13.1. The summed E-state index contributed by atoms with van der Waals surface area (Å²) in [6, 6.07) is 59.2. The molecular weight excluding hydrogens is 707 g/mol. The van der Waals surface area contributed by atoms with Gasteiger partial charge in [0.15, 0.2) is 5.54 Å². The van der Waals surface area contributed by atoms with Crippen LogP contribution >= 0.6 is 0 Å². The van der Waals surface area contributed by atoms with E-state index in [0.29, 0.717) is 29.3 Å². The van der Waals surface area contributed by atoms with Crippen molar-refractivity contribution in [1.29, 1.82) is 0 Å². The first-order chi connectivity index (χ1) is 28.0. The number of hydrogen-bond donors (Lipinski definition) is 0. The van der Waals surface area contributed by atoms with Gasteiger partial charge in [-0.2, -0.15) is 0 Å². The van der Waals surface area contributed by atoms with Crippen LogP contribution in [0.5, 0.6) is 5.75 Å². The Kier molecular flexibility index (Phi) is 10.8. The lowest BCUT2D eigenvalue weighted by atomic mass is 9.77. The Morgan fingerprint density at radius 2 is 1.18 bits per heavy atom. The lowest BCUT2D eigenvalue weighted by Crippen LogP contribution is -2.39. The number of aryl methyl sites for hydroxylation is 3. The van der Waals surface area contributed by atoms with Crippen molar-refractivity contribution in [3.8, 4) is 28.3 Å². The van der Waals surface area contributed by atoms with Gasteiger partial charge in [0, 0.05) is 17.3 Å². The summed E-state index contributed by atoms with van der Waals surface area (Å²) in [4.78, 5) is 19.5. The fourth-order valence-corrected chi connectivity index (χ4v) is 7.45. The monoisotopic (exact) mass is 747 g/mol. The predicted molar refractivity (Wildman–Crippen MR) is 222 cm³/mol. The molecule has 0 atom stereocenters. The SMILES string of the molecule is COC(=O)c1c(OCc2ccc(-c3ccccc3-c3nnn(C(c4ccccc4)(c4ccccc4)c4ccccc4)n3)cc2)cc(C)nc1CCc1ccccc1. The van der Waals surface area contributed by atoms with E-state index in [1.807, 2.05) is 110 Å². The van der Waals surface area contributed by atoms with Crippen LogP contribution in [0.4, 0.5) is 0 Å². The first-order valence-corrected chi connectivity index (χ1v) is 19.0. The molecule has 8 nitrogen and oxygen atoms in total. The van der Waals surface area contributed by atoms with Gasteiger partial charge in [-0.1, -0.05) is 170 Å². The second-order valence-electron chi connectivity index (χ2n) is 13.8. The summed E-state index contributed by atoms with van der Waals surface area (Å²) in [6.45, 7) is 2.16. The van der Waals surface area contributed by atoms with E-state index in [-0.39, 0.29) is 6.61 Å². The highest BCUT2D eigenvalue weighted by molar-refractivity contribution is 5.93. The normalized spacial score (nSPS) is 11.3. The second kappa shape index (κ2) is 16.7. The van der Waals surface area contributed by atoms with Crippen LogP contribution in [0.1, 0.15) is 49.6 Å². The molecule has 8 aromatic rings. The molecule has 0 aliphatic rings. The second-order valence-corrected chi connectivity index (χ2v) is 13.8. The van der Waals surface area contributed by atoms with Crippen LogP contribution in [0, 0.1) is 6.92 Å². The molecule has 0 spiro atoms. The predicted octanol–water partition coefficient (Wildman–Crippen LogP) is 9.70. The molecule has 57 heavy (non-hydrogen) atoms. The molecule has 8 heteroatoms. The molecule has 8 rings (SSSR count). The third kappa shape index (κ3) is 7.58. The van der Waals surface area contributed by atoms with Gasteiger partial charge in [0.25, 0.3) is 0 Å². The number of rotatable bonds is 13. The van der Waals surface area contributed by atoms with Gasteiger partial charge >= 0.3 is 5.97 Å². The van der Waals surface area contributed by atoms with E-state index in [1.165, 1.54) is 12.7 Å². The summed E-state index contributed by atoms with van der Waals surface area (Å²) in [6.07, 6.45) is 1.32. The molecule has 0 unspecified atom stereocenters. The van der Waals surface area contributed by atoms with Crippen LogP contribution in [0.15, 0.2) is 176 Å². The van der Waals surface area contributed by atoms with E-state index < -0.39 is 11.5 Å². The van der Waals surface area contributed by atoms with Gasteiger partial charge in [-0.15, -0.1) is 15.0 Å². The molecule has 0 aliphatic heterocycles. The van der Waals surface area contributed by atoms with Crippen molar-refractivity contribution in [2.45, 2.75) is 31.9 Å². The quantitative estimate of drug-likeness (QED) is 0.0857. The van der Waals surface area contributed by atoms with Crippen molar-refractivity contribution in [3.63, 3.8) is 0 Å². The Bertz CT molecular complexity index is 2480. The molecule has 0 N–H and O–H groups in total. The number of aromatic nitrogens is 5. The topological polar surface area (TPSA) is 92.0 Å². The Hall–Kier alpha value is -7.19. The molecule has 0 saturated heterocycles. The van der Waals surface area contributed by atoms with Gasteiger partial charge in [0.1, 0.15) is 17.9 Å². The van der Waals surface area contributed by atoms with E-state index >= 15 is 0 Å². The number of pyridine rings is 1. The van der Waals surface area contributed by atoms with Crippen LogP contribution in [0.3, 0.4) is 0 Å². The number of carbonyl (C=O) groups is 1. The largest absolute Gasteiger partial charge is 0.488 e. The minimum atomic E-state index is -0.880. The van der Waals surface area contributed by atoms with E-state index in [2.05, 4.69) is 66.7 Å². The minimum Gasteiger partial charge on any atom is -0.488 e. The minimum absolute atomic E-state index is 0.254. The summed E-state index contributed by atoms with van der Waals surface area (Å²) in [7, 11) is 1.38. The number of hydrogen-bond acceptors (Lipinski definition) is 7. The van der Waals surface area contributed by atoms with Gasteiger partial charge in [0.05, 0.1) is 12.8 Å². The molecule has 6 aromatic carbocycles. The number of methoxy groups -OCH3 is 1. The summed E-state index contributed by atoms with van der Waals surface area (Å²) in [5.41, 5.74) is 8.88. The Morgan fingerprint density at radius 1 is 0.632 bits per heavy atom. The van der Waals surface area contributed by atoms with Crippen LogP contribution in [0.2, 0.25) is 0 Å². The fraction of sp³-hybridized carbons (Fsp3) is 0.122. The third-order valence-corrected chi connectivity index (χ3v) is 10.2. The number of ether oxygens (including phenoxy) is 2. The maximum Gasteiger partial charge on any atom is 0.343 e. The van der Waals surface area contributed by atoms with E-state index in [4.69, 9.17) is 29.9 Å². The van der Waals surface area contributed by atoms with Crippen LogP contribution in [0.25, 0.3) is 22.5 Å². The molecule has 0 saturated carbocycles. The third-order valence-electron chi connectivity index (χ3n) is 10.2. The molecular formula is C49H41N5O3. The average Bonchev–Trinajstić information content (AvgIpc) is 3.77. The van der Waals surface area contributed by atoms with Gasteiger partial charge in [-0.25, -0.2) is 4.79 Å². The van der Waals surface area contributed by atoms with Crippen molar-refractivity contribution in [2.75, 3.05) is 7.11 Å². The summed E-state index contributed by atoms with van der Waals surface area (Å²) in [5, 5.41) is 14.6. The first-order valence-electron chi connectivity index (χ1n) is 19.0. The van der Waals surface area contributed by atoms with Gasteiger partial charge in [-0.05, 0) is 63.9 Å². The molecule has 0 radical (unpaired) electrons. The van der Waals surface area contributed by atoms with Crippen molar-refractivity contribution < 1.29 is 14.3 Å². The van der Waals surface area contributed by atoms with Crippen LogP contribution in [-0.2, 0) is 29.7 Å². The lowest BCUT2D eigenvalue weighted by molar-refractivity contribution is 0.0593. The number of carbonyl (C=O) groups excluding carboxylic acids is 1. The standard InChI is InChI=1S/C49H41N5O3/c1-35-33-45(46(48(55)56-2)44(50-35)32-29-36-17-7-3-8-18-36)57-34-37-27-30-38(31-28-37)42-25-15-16-26-43(42)47-51-53-54(52-47)49(39-19-9-4-10-20-39,40-21-11-5-12-22-40)41-23-13-6-14-24-41/h3-28,30-31,33H,29,32,34H2,1-2H3. The van der Waals surface area contributed by atoms with E-state index in [1.54, 1.807) is 10.9 Å². The zero-order chi connectivity index (χ0) is 39.0. The molecule has 280 valence electrons. The van der Waals surface area contributed by atoms with Gasteiger partial charge in [-0.3, -0.25) is 4.98 Å². The van der Waals surface area contributed by atoms with E-state index in [9.17, 15) is 4.79 Å². The summed E-state index contributed by atoms with van der Waals surface area (Å²) in [5.74, 6) is 0.502. The number of tetrazole rings is 1. The molecule has 0 amide bonds. The number of benzene rings is 6. The van der Waals surface area contributed by atoms with Gasteiger partial charge < -0.3 is 9.47 Å². The summed E-state index contributed by atoms with van der Waals surface area (Å²) >= 11 is 0. The van der Waals surface area contributed by atoms with Crippen molar-refractivity contribution in [1.82, 2.24) is 25.2 Å². The zero-order valence-corrected chi connectivity index (χ0v) is 31.8. The highest BCUT2D eigenvalue weighted by Gasteiger charge is 2.41.